The summed E-state index contributed by atoms with van der Waals surface area (Å²) in [4.78, 5) is 10.9. The Kier molecular flexibility index (Phi) is 4.20. The molecule has 0 aliphatic rings. The third-order valence-electron chi connectivity index (χ3n) is 2.72. The molecular formula is C14H14BrNO2. The fraction of sp³-hybridized carbons (Fsp3) is 0.214. The first-order valence-corrected chi connectivity index (χ1v) is 6.57. The van der Waals surface area contributed by atoms with E-state index in [1.54, 1.807) is 0 Å². The highest BCUT2D eigenvalue weighted by Gasteiger charge is 2.14. The highest BCUT2D eigenvalue weighted by Crippen LogP contribution is 2.23. The summed E-state index contributed by atoms with van der Waals surface area (Å²) in [6, 6.07) is 14.2. The van der Waals surface area contributed by atoms with Gasteiger partial charge in [-0.1, -0.05) is 52.3 Å². The highest BCUT2D eigenvalue weighted by molar-refractivity contribution is 9.10. The van der Waals surface area contributed by atoms with Crippen molar-refractivity contribution in [1.29, 1.82) is 0 Å². The van der Waals surface area contributed by atoms with Gasteiger partial charge in [-0.05, 0) is 11.5 Å². The van der Waals surface area contributed by atoms with Crippen LogP contribution >= 0.6 is 15.9 Å². The van der Waals surface area contributed by atoms with Crippen LogP contribution in [-0.2, 0) is 9.53 Å². The van der Waals surface area contributed by atoms with E-state index in [0.29, 0.717) is 6.54 Å². The van der Waals surface area contributed by atoms with Gasteiger partial charge in [0.15, 0.2) is 0 Å². The van der Waals surface area contributed by atoms with Gasteiger partial charge in [-0.3, -0.25) is 4.79 Å². The number of fused-ring (bicyclic) bond motifs is 1. The molecule has 2 aromatic carbocycles. The van der Waals surface area contributed by atoms with Gasteiger partial charge in [-0.2, -0.15) is 0 Å². The Morgan fingerprint density at radius 2 is 2.00 bits per heavy atom. The van der Waals surface area contributed by atoms with Gasteiger partial charge in [0.1, 0.15) is 4.83 Å². The number of benzene rings is 2. The van der Waals surface area contributed by atoms with Crippen LogP contribution in [0.5, 0.6) is 0 Å². The van der Waals surface area contributed by atoms with E-state index in [2.05, 4.69) is 44.2 Å². The number of alkyl halides is 1. The van der Waals surface area contributed by atoms with Crippen molar-refractivity contribution in [3.05, 3.63) is 42.5 Å². The lowest BCUT2D eigenvalue weighted by molar-refractivity contribution is -0.139. The average molecular weight is 308 g/mol. The molecule has 2 rings (SSSR count). The number of carbonyl (C=O) groups is 1. The van der Waals surface area contributed by atoms with Crippen LogP contribution in [0.25, 0.3) is 10.8 Å². The topological polar surface area (TPSA) is 38.3 Å². The quantitative estimate of drug-likeness (QED) is 0.696. The number of hydrogen-bond donors (Lipinski definition) is 1. The first-order valence-electron chi connectivity index (χ1n) is 5.66. The van der Waals surface area contributed by atoms with Crippen molar-refractivity contribution in [2.75, 3.05) is 19.0 Å². The molecule has 0 aromatic heterocycles. The first kappa shape index (κ1) is 12.9. The van der Waals surface area contributed by atoms with Crippen LogP contribution in [0.3, 0.4) is 0 Å². The highest BCUT2D eigenvalue weighted by atomic mass is 79.9. The number of ether oxygens (including phenoxy) is 1. The molecule has 0 aliphatic heterocycles. The number of nitrogens with one attached hydrogen (secondary N) is 1. The third-order valence-corrected chi connectivity index (χ3v) is 3.42. The molecule has 0 amide bonds. The summed E-state index contributed by atoms with van der Waals surface area (Å²) < 4.78 is 4.66. The summed E-state index contributed by atoms with van der Waals surface area (Å²) in [7, 11) is 1.38. The Morgan fingerprint density at radius 3 is 2.78 bits per heavy atom. The van der Waals surface area contributed by atoms with E-state index in [9.17, 15) is 4.79 Å². The van der Waals surface area contributed by atoms with Crippen LogP contribution in [0.2, 0.25) is 0 Å². The monoisotopic (exact) mass is 307 g/mol. The smallest absolute Gasteiger partial charge is 0.321 e. The summed E-state index contributed by atoms with van der Waals surface area (Å²) >= 11 is 3.29. The fourth-order valence-corrected chi connectivity index (χ4v) is 2.14. The van der Waals surface area contributed by atoms with E-state index in [1.807, 2.05) is 24.3 Å². The van der Waals surface area contributed by atoms with Crippen molar-refractivity contribution in [3.63, 3.8) is 0 Å². The Labute approximate surface area is 114 Å². The number of halogens is 1. The largest absolute Gasteiger partial charge is 0.468 e. The number of anilines is 1. The standard InChI is InChI=1S/C14H14BrNO2/c1-18-14(17)12(15)9-16-13-8-4-6-10-5-2-3-7-11(10)13/h2-8,12,16H,9H2,1H3. The second kappa shape index (κ2) is 5.87. The maximum absolute atomic E-state index is 11.3. The predicted molar refractivity (Wildman–Crippen MR) is 77.2 cm³/mol. The van der Waals surface area contributed by atoms with Crippen LogP contribution < -0.4 is 5.32 Å². The molecule has 18 heavy (non-hydrogen) atoms. The van der Waals surface area contributed by atoms with Crippen molar-refractivity contribution in [2.45, 2.75) is 4.83 Å². The minimum Gasteiger partial charge on any atom is -0.468 e. The van der Waals surface area contributed by atoms with Crippen LogP contribution in [0.1, 0.15) is 0 Å². The van der Waals surface area contributed by atoms with Gasteiger partial charge in [0.05, 0.1) is 7.11 Å². The molecule has 4 heteroatoms. The number of esters is 1. The number of methoxy groups -OCH3 is 1. The molecule has 0 saturated heterocycles. The molecule has 0 bridgehead atoms. The van der Waals surface area contributed by atoms with E-state index in [4.69, 9.17) is 0 Å². The lowest BCUT2D eigenvalue weighted by Crippen LogP contribution is -2.24. The molecule has 1 unspecified atom stereocenters. The van der Waals surface area contributed by atoms with Gasteiger partial charge in [0.2, 0.25) is 0 Å². The summed E-state index contributed by atoms with van der Waals surface area (Å²) in [5, 5.41) is 5.57. The molecule has 0 spiro atoms. The molecule has 94 valence electrons. The van der Waals surface area contributed by atoms with Crippen molar-refractivity contribution in [2.24, 2.45) is 0 Å². The molecule has 2 aromatic rings. The third kappa shape index (κ3) is 2.82. The zero-order valence-corrected chi connectivity index (χ0v) is 11.6. The number of hydrogen-bond acceptors (Lipinski definition) is 3. The lowest BCUT2D eigenvalue weighted by atomic mass is 10.1. The maximum Gasteiger partial charge on any atom is 0.321 e. The molecule has 0 fully saturated rings. The van der Waals surface area contributed by atoms with Crippen molar-refractivity contribution in [1.82, 2.24) is 0 Å². The molecule has 1 atom stereocenters. The molecule has 3 nitrogen and oxygen atoms in total. The Morgan fingerprint density at radius 1 is 1.28 bits per heavy atom. The van der Waals surface area contributed by atoms with Crippen LogP contribution in [0.15, 0.2) is 42.5 Å². The summed E-state index contributed by atoms with van der Waals surface area (Å²) in [6.07, 6.45) is 0. The summed E-state index contributed by atoms with van der Waals surface area (Å²) in [5.41, 5.74) is 1.02. The first-order chi connectivity index (χ1) is 8.72. The van der Waals surface area contributed by atoms with Gasteiger partial charge in [-0.25, -0.2) is 0 Å². The zero-order valence-electron chi connectivity index (χ0n) is 10.0. The van der Waals surface area contributed by atoms with E-state index in [1.165, 1.54) is 12.5 Å². The van der Waals surface area contributed by atoms with E-state index in [-0.39, 0.29) is 10.8 Å². The molecule has 0 saturated carbocycles. The van der Waals surface area contributed by atoms with Crippen molar-refractivity contribution >= 4 is 38.4 Å². The molecule has 1 N–H and O–H groups in total. The minimum absolute atomic E-state index is 0.275. The molecule has 0 heterocycles. The van der Waals surface area contributed by atoms with E-state index < -0.39 is 0 Å². The normalized spacial score (nSPS) is 12.1. The number of rotatable bonds is 4. The Hall–Kier alpha value is -1.55. The van der Waals surface area contributed by atoms with Gasteiger partial charge in [-0.15, -0.1) is 0 Å². The van der Waals surface area contributed by atoms with Gasteiger partial charge >= 0.3 is 5.97 Å². The second-order valence-corrected chi connectivity index (χ2v) is 5.00. The average Bonchev–Trinajstić information content (AvgIpc) is 2.43. The van der Waals surface area contributed by atoms with E-state index in [0.717, 1.165) is 11.1 Å². The minimum atomic E-state index is -0.346. The lowest BCUT2D eigenvalue weighted by Gasteiger charge is -2.12. The molecular weight excluding hydrogens is 294 g/mol. The van der Waals surface area contributed by atoms with Crippen LogP contribution in [-0.4, -0.2) is 24.5 Å². The van der Waals surface area contributed by atoms with Crippen molar-refractivity contribution < 1.29 is 9.53 Å². The molecule has 0 aliphatic carbocycles. The predicted octanol–water partition coefficient (Wildman–Crippen LogP) is 3.19. The van der Waals surface area contributed by atoms with Gasteiger partial charge < -0.3 is 10.1 Å². The molecule has 0 radical (unpaired) electrons. The van der Waals surface area contributed by atoms with Crippen molar-refractivity contribution in [3.8, 4) is 0 Å². The van der Waals surface area contributed by atoms with Crippen LogP contribution in [0.4, 0.5) is 5.69 Å². The zero-order chi connectivity index (χ0) is 13.0. The Bertz CT molecular complexity index is 551. The second-order valence-electron chi connectivity index (χ2n) is 3.90. The van der Waals surface area contributed by atoms with Crippen LogP contribution in [0, 0.1) is 0 Å². The SMILES string of the molecule is COC(=O)C(Br)CNc1cccc2ccccc12. The number of carbonyl (C=O) groups excluding carboxylic acids is 1. The van der Waals surface area contributed by atoms with Gasteiger partial charge in [0.25, 0.3) is 0 Å². The van der Waals surface area contributed by atoms with Gasteiger partial charge in [0, 0.05) is 17.6 Å². The fourth-order valence-electron chi connectivity index (χ4n) is 1.79. The van der Waals surface area contributed by atoms with E-state index >= 15 is 0 Å². The maximum atomic E-state index is 11.3. The summed E-state index contributed by atoms with van der Waals surface area (Å²) in [6.45, 7) is 0.487. The Balaban J connectivity index is 2.15. The summed E-state index contributed by atoms with van der Waals surface area (Å²) in [5.74, 6) is -0.275.